The van der Waals surface area contributed by atoms with Crippen molar-refractivity contribution in [2.24, 2.45) is 22.1 Å². The van der Waals surface area contributed by atoms with Crippen LogP contribution in [0.15, 0.2) is 140 Å². The zero-order chi connectivity index (χ0) is 102. The number of nitrogens with two attached hydrogens (primary N) is 2. The highest BCUT2D eigenvalue weighted by molar-refractivity contribution is 8.02. The topological polar surface area (TPSA) is 456 Å². The number of aryl methyl sites for hydroxylation is 2. The minimum atomic E-state index is -3.65. The lowest BCUT2D eigenvalue weighted by Crippen LogP contribution is -2.54. The molecule has 13 rings (SSSR count). The summed E-state index contributed by atoms with van der Waals surface area (Å²) in [4.78, 5) is 51.9. The first-order valence-electron chi connectivity index (χ1n) is 43.9. The number of primary sulfonamides is 2. The Morgan fingerprint density at radius 2 is 0.806 bits per heavy atom. The lowest BCUT2D eigenvalue weighted by molar-refractivity contribution is -0.116. The number of benzene rings is 2. The maximum absolute atomic E-state index is 13.3. The van der Waals surface area contributed by atoms with E-state index in [9.17, 15) is 82.6 Å². The molecule has 0 radical (unpaired) electrons. The fourth-order valence-corrected chi connectivity index (χ4v) is 36.5. The lowest BCUT2D eigenvalue weighted by atomic mass is 9.86. The molecule has 25 nitrogen and oxygen atoms in total. The number of hydrogen-bond donors (Lipinski definition) is 11. The van der Waals surface area contributed by atoms with Crippen molar-refractivity contribution < 1.29 is 87.3 Å². The van der Waals surface area contributed by atoms with Gasteiger partial charge in [-0.1, -0.05) is 112 Å². The average Bonchev–Trinajstić information content (AvgIpc) is 1.68. The molecule has 9 aromatic rings. The van der Waals surface area contributed by atoms with Gasteiger partial charge in [-0.25, -0.2) is 67.1 Å². The largest absolute Gasteiger partial charge is 0.465 e. The Morgan fingerprint density at radius 1 is 0.463 bits per heavy atom. The van der Waals surface area contributed by atoms with Crippen molar-refractivity contribution in [1.82, 2.24) is 8.78 Å². The fourth-order valence-electron chi connectivity index (χ4n) is 14.0. The second-order valence-corrected chi connectivity index (χ2v) is 71.0. The van der Waals surface area contributed by atoms with Crippen LogP contribution in [0.5, 0.6) is 0 Å². The summed E-state index contributed by atoms with van der Waals surface area (Å²) in [7, 11) is -22.6. The number of sulfonamides is 3. The summed E-state index contributed by atoms with van der Waals surface area (Å²) < 4.78 is 136. The van der Waals surface area contributed by atoms with Gasteiger partial charge in [-0.2, -0.15) is 0 Å². The maximum atomic E-state index is 13.3. The molecule has 5 atom stereocenters. The monoisotopic (exact) mass is 2130 g/mol. The van der Waals surface area contributed by atoms with E-state index in [0.717, 1.165) is 93.8 Å². The Hall–Kier alpha value is -5.34. The number of esters is 1. The van der Waals surface area contributed by atoms with Crippen LogP contribution in [-0.2, 0) is 140 Å². The Morgan fingerprint density at radius 3 is 1.15 bits per heavy atom. The van der Waals surface area contributed by atoms with E-state index in [0.29, 0.717) is 61.2 Å². The first-order chi connectivity index (χ1) is 60.9. The summed E-state index contributed by atoms with van der Waals surface area (Å²) in [6.45, 7) is 43.2. The first-order valence-corrected chi connectivity index (χ1v) is 65.4. The van der Waals surface area contributed by atoms with E-state index in [-0.39, 0.29) is 63.9 Å². The molecular formula is C94H138N6O19S13Si2. The number of ketones is 3. The van der Waals surface area contributed by atoms with Crippen LogP contribution < -0.4 is 19.1 Å². The number of thiophene rings is 7. The first kappa shape index (κ1) is 116. The Labute approximate surface area is 826 Å². The normalized spacial score (nSPS) is 16.3. The summed E-state index contributed by atoms with van der Waals surface area (Å²) in [6, 6.07) is 31.8. The predicted octanol–water partition coefficient (Wildman–Crippen LogP) is 20.0. The minimum Gasteiger partial charge on any atom is -0.465 e. The minimum absolute atomic E-state index is 0.00208. The number of hydrogen-bond acceptors (Lipinski definition) is 28. The van der Waals surface area contributed by atoms with E-state index in [1.54, 1.807) is 130 Å². The highest BCUT2D eigenvalue weighted by Crippen LogP contribution is 2.48. The molecule has 0 bridgehead atoms. The molecule has 40 heteroatoms. The Balaban J connectivity index is 0.000000221. The molecule has 3 unspecified atom stereocenters. The molecule has 2 saturated carbocycles. The molecular weight excluding hydrogens is 1990 g/mol. The molecule has 0 saturated heterocycles. The van der Waals surface area contributed by atoms with E-state index in [1.165, 1.54) is 142 Å². The van der Waals surface area contributed by atoms with Crippen molar-refractivity contribution in [1.29, 1.82) is 9.56 Å². The van der Waals surface area contributed by atoms with Gasteiger partial charge in [0.2, 0.25) is 30.1 Å². The third-order valence-corrected chi connectivity index (χ3v) is 57.6. The fraction of sp³-hybridized carbons (Fsp3) is 0.521. The summed E-state index contributed by atoms with van der Waals surface area (Å²) in [5.41, 5.74) is 5.35. The summed E-state index contributed by atoms with van der Waals surface area (Å²) in [5, 5.41) is 61.3. The van der Waals surface area contributed by atoms with Gasteiger partial charge < -0.3 is 30.3 Å². The van der Waals surface area contributed by atoms with Gasteiger partial charge in [0.1, 0.15) is 58.1 Å². The number of Topliss-reactive ketones (excluding diaryl/α,β-unsaturated/α-hetero) is 3. The highest BCUT2D eigenvalue weighted by atomic mass is 32.3. The number of fused-ring (bicyclic) bond motifs is 2. The van der Waals surface area contributed by atoms with Crippen molar-refractivity contribution in [3.05, 3.63) is 193 Å². The van der Waals surface area contributed by atoms with Crippen LogP contribution in [0.4, 0.5) is 0 Å². The standard InChI is InChI=1S/C25H32O3S2.C24H31NO3S2.C13H26N2O2S2Si.C13H25NO3S2Si.C7H11NO3S2.C6H7NO3S2.C6H6O2S/c1-16(17-8-9-17)20-11-10-18-6-5-7-21(18)22(20)14-19(26)15-30(4,28)24-13-12-23(29-24)25(2,3)27;1-15(16-7-8-16)19-10-9-17-5-4-6-20(17)21(19)13-18(26)14-30(25,28)23-12-11-22(29-23)24(2,3)27;1-12(2,3)20(6,7)15-19(14,17)11-9-8-10(18-11)13(4,5)16;1-12(2,3)20(6,7)14-19(16,17)11-9-8-10(18-11)13(4,5)15;1-7(2,9)5-3-4-6(12-5)13(8,10)11;1-4(8)5-2-3-6(11-5)12(7,9)10;1-8-6(7)5-3-2-4-9-5/h10-13,16-17,27H,4-9,14-15H2,1-3H3;9-12,15-16,25,27H,4-8,13-14H2,1-3H3;8-9,16H,1-7H3,(H2,14,15,17);8-9,14-15H,1-7H3;3-4,9H,1-2H3,(H2,8,10,11);2-3H,1H3,(H2,7,9,10);2-4H,1H3/t16-,30?;15-,30?;;;;;/m00...../s1. The second-order valence-electron chi connectivity index (χ2n) is 40.3. The van der Waals surface area contributed by atoms with Crippen LogP contribution in [0.25, 0.3) is 0 Å². The molecule has 134 heavy (non-hydrogen) atoms. The molecule has 7 aromatic heterocycles. The third kappa shape index (κ3) is 32.6. The van der Waals surface area contributed by atoms with Crippen LogP contribution in [-0.4, -0.2) is 128 Å². The van der Waals surface area contributed by atoms with Gasteiger partial charge in [0.05, 0.1) is 65.4 Å². The molecule has 7 heterocycles. The van der Waals surface area contributed by atoms with Gasteiger partial charge in [0.25, 0.3) is 0 Å². The molecule has 744 valence electrons. The van der Waals surface area contributed by atoms with E-state index in [4.69, 9.17) is 19.8 Å². The average molecular weight is 2130 g/mol. The van der Waals surface area contributed by atoms with Crippen LogP contribution >= 0.6 is 79.4 Å². The Bertz CT molecular complexity index is 6080. The van der Waals surface area contributed by atoms with Crippen LogP contribution in [0.1, 0.15) is 270 Å². The smallest absolute Gasteiger partial charge is 0.348 e. The molecule has 13 N–H and O–H groups in total. The van der Waals surface area contributed by atoms with E-state index < -0.39 is 104 Å². The van der Waals surface area contributed by atoms with Crippen molar-refractivity contribution in [2.45, 2.75) is 310 Å². The summed E-state index contributed by atoms with van der Waals surface area (Å²) in [6.07, 6.45) is 12.2. The number of methoxy groups -OCH3 is 1. The number of nitrogens with one attached hydrogen (secondary N) is 4. The number of ether oxygens (including phenoxy) is 1. The van der Waals surface area contributed by atoms with Gasteiger partial charge in [-0.3, -0.25) is 18.6 Å². The molecule has 2 fully saturated rings. The highest BCUT2D eigenvalue weighted by Gasteiger charge is 2.43. The number of rotatable bonds is 29. The Kier molecular flexibility index (Phi) is 38.4. The van der Waals surface area contributed by atoms with E-state index in [2.05, 4.69) is 112 Å². The van der Waals surface area contributed by atoms with E-state index in [1.807, 2.05) is 24.5 Å². The van der Waals surface area contributed by atoms with Crippen LogP contribution in [0.2, 0.25) is 36.3 Å². The molecule has 2 aromatic carbocycles. The SMILES string of the molecule is C=S(=O)(CC(=O)Cc1c([C@@H](C)C2CC2)ccc2c1CCC2)c1ccc(C(C)(C)O)s1.CC(=O)c1ccc(S(N)(=O)=O)s1.CC(C)(O)c1ccc(S(=N)(=O)N[Si](C)(C)C(C)(C)C)s1.CC(C)(O)c1ccc(S(=O)(=O)N[Si](C)(C)C(C)(C)C)s1.CC(C)(O)c1ccc(S(N)(=O)=O)s1.COC(=O)c1cccs1.C[C@H](c1ccc2c(c1CC(=O)CS(=N)(=O)c1ccc(C(C)(C)O)s1)CCC2)C1CC1. The lowest BCUT2D eigenvalue weighted by Gasteiger charge is -2.37. The molecule has 0 aliphatic heterocycles. The maximum Gasteiger partial charge on any atom is 0.348 e. The second kappa shape index (κ2) is 44.4. The molecule has 4 aliphatic rings. The summed E-state index contributed by atoms with van der Waals surface area (Å²) in [5.74, 6) is 5.45. The zero-order valence-electron chi connectivity index (χ0n) is 81.3. The van der Waals surface area contributed by atoms with Gasteiger partial charge in [-0.15, -0.1) is 79.4 Å². The number of aliphatic hydroxyl groups is 5. The predicted molar refractivity (Wildman–Crippen MR) is 557 cm³/mol. The zero-order valence-corrected chi connectivity index (χ0v) is 93.9. The van der Waals surface area contributed by atoms with Crippen molar-refractivity contribution in [3.63, 3.8) is 0 Å². The quantitative estimate of drug-likeness (QED) is 0.00897. The molecule has 0 spiro atoms. The van der Waals surface area contributed by atoms with Gasteiger partial charge in [0.15, 0.2) is 11.6 Å². The van der Waals surface area contributed by atoms with Crippen LogP contribution in [0.3, 0.4) is 0 Å². The van der Waals surface area contributed by atoms with Gasteiger partial charge in [-0.05, 0) is 309 Å². The molecule has 4 aliphatic carbocycles. The van der Waals surface area contributed by atoms with Crippen LogP contribution in [0, 0.1) is 21.4 Å². The van der Waals surface area contributed by atoms with Crippen molar-refractivity contribution in [3.8, 4) is 0 Å². The number of carbonyl (C=O) groups excluding carboxylic acids is 4. The number of carbonyl (C=O) groups is 4. The van der Waals surface area contributed by atoms with Crippen molar-refractivity contribution in [2.75, 3.05) is 18.6 Å². The van der Waals surface area contributed by atoms with Gasteiger partial charge in [0, 0.05) is 46.7 Å². The van der Waals surface area contributed by atoms with Gasteiger partial charge >= 0.3 is 5.97 Å². The third-order valence-electron chi connectivity index (χ3n) is 24.1. The van der Waals surface area contributed by atoms with E-state index >= 15 is 0 Å². The van der Waals surface area contributed by atoms with Crippen molar-refractivity contribution >= 4 is 184 Å². The summed E-state index contributed by atoms with van der Waals surface area (Å²) >= 11 is 8.08. The molecule has 0 amide bonds.